The van der Waals surface area contributed by atoms with Gasteiger partial charge < -0.3 is 4.98 Å². The molecule has 1 aromatic heterocycles. The normalized spacial score (nSPS) is 10.3. The van der Waals surface area contributed by atoms with Gasteiger partial charge >= 0.3 is 5.69 Å². The van der Waals surface area contributed by atoms with Crippen molar-refractivity contribution in [2.75, 3.05) is 0 Å². The number of nitrogens with zero attached hydrogens (tertiary/aromatic N) is 2. The third-order valence-electron chi connectivity index (χ3n) is 2.28. The quantitative estimate of drug-likeness (QED) is 0.612. The summed E-state index contributed by atoms with van der Waals surface area (Å²) in [5.74, 6) is 0. The van der Waals surface area contributed by atoms with Crippen LogP contribution in [0.2, 0.25) is 0 Å². The van der Waals surface area contributed by atoms with Crippen LogP contribution in [0.5, 0.6) is 0 Å². The fraction of sp³-hybridized carbons (Fsp3) is 0.100. The molecule has 0 unspecified atom stereocenters. The Kier molecular flexibility index (Phi) is 2.32. The van der Waals surface area contributed by atoms with Crippen LogP contribution in [0.3, 0.4) is 0 Å². The van der Waals surface area contributed by atoms with Crippen molar-refractivity contribution < 1.29 is 4.92 Å². The first-order chi connectivity index (χ1) is 7.61. The van der Waals surface area contributed by atoms with Crippen LogP contribution in [0, 0.1) is 17.0 Å². The number of hydrogen-bond donors (Lipinski definition) is 1. The van der Waals surface area contributed by atoms with Gasteiger partial charge in [0.2, 0.25) is 0 Å². The molecule has 0 fully saturated rings. The van der Waals surface area contributed by atoms with Crippen molar-refractivity contribution in [2.24, 2.45) is 0 Å². The Balaban J connectivity index is 2.74. The highest BCUT2D eigenvalue weighted by Gasteiger charge is 2.16. The number of aromatic amines is 1. The van der Waals surface area contributed by atoms with Crippen molar-refractivity contribution in [3.63, 3.8) is 0 Å². The Morgan fingerprint density at radius 3 is 2.62 bits per heavy atom. The third kappa shape index (κ3) is 1.50. The van der Waals surface area contributed by atoms with E-state index in [2.05, 4.69) is 4.98 Å². The number of aromatic nitrogens is 2. The van der Waals surface area contributed by atoms with Crippen LogP contribution in [0.1, 0.15) is 5.69 Å². The van der Waals surface area contributed by atoms with Crippen LogP contribution >= 0.6 is 0 Å². The van der Waals surface area contributed by atoms with Crippen LogP contribution in [-0.4, -0.2) is 14.5 Å². The smallest absolute Gasteiger partial charge is 0.312 e. The van der Waals surface area contributed by atoms with Gasteiger partial charge in [-0.05, 0) is 13.0 Å². The zero-order valence-corrected chi connectivity index (χ0v) is 8.51. The number of rotatable bonds is 2. The molecule has 0 saturated heterocycles. The third-order valence-corrected chi connectivity index (χ3v) is 2.28. The molecule has 82 valence electrons. The van der Waals surface area contributed by atoms with Gasteiger partial charge in [0, 0.05) is 18.0 Å². The van der Waals surface area contributed by atoms with E-state index in [-0.39, 0.29) is 17.1 Å². The van der Waals surface area contributed by atoms with Crippen molar-refractivity contribution in [3.8, 4) is 5.69 Å². The lowest BCUT2D eigenvalue weighted by Crippen LogP contribution is -2.17. The minimum Gasteiger partial charge on any atom is -0.312 e. The Bertz CT molecular complexity index is 597. The van der Waals surface area contributed by atoms with Crippen molar-refractivity contribution in [1.29, 1.82) is 0 Å². The highest BCUT2D eigenvalue weighted by molar-refractivity contribution is 5.52. The molecule has 0 aliphatic rings. The minimum atomic E-state index is -0.506. The number of nitro groups is 1. The maximum Gasteiger partial charge on any atom is 0.330 e. The molecule has 0 bridgehead atoms. The molecule has 1 N–H and O–H groups in total. The van der Waals surface area contributed by atoms with Gasteiger partial charge in [-0.1, -0.05) is 12.1 Å². The largest absolute Gasteiger partial charge is 0.330 e. The van der Waals surface area contributed by atoms with Crippen LogP contribution in [0.25, 0.3) is 5.69 Å². The summed E-state index contributed by atoms with van der Waals surface area (Å²) in [6.45, 7) is 1.70. The van der Waals surface area contributed by atoms with Gasteiger partial charge in [0.1, 0.15) is 5.69 Å². The number of hydrogen-bond acceptors (Lipinski definition) is 3. The standard InChI is InChI=1S/C10H9N3O3/c1-7-6-11-10(14)12(7)8-4-2-3-5-9(8)13(15)16/h2-6H,1H3,(H,11,14). The number of nitrogens with one attached hydrogen (secondary N) is 1. The van der Waals surface area contributed by atoms with E-state index in [9.17, 15) is 14.9 Å². The summed E-state index contributed by atoms with van der Waals surface area (Å²) >= 11 is 0. The van der Waals surface area contributed by atoms with Crippen LogP contribution in [0.15, 0.2) is 35.3 Å². The predicted octanol–water partition coefficient (Wildman–Crippen LogP) is 1.38. The first-order valence-corrected chi connectivity index (χ1v) is 4.62. The Labute approximate surface area is 90.3 Å². The molecule has 0 aliphatic carbocycles. The fourth-order valence-electron chi connectivity index (χ4n) is 1.56. The summed E-state index contributed by atoms with van der Waals surface area (Å²) in [6, 6.07) is 6.13. The molecule has 0 amide bonds. The molecule has 1 aromatic carbocycles. The zero-order chi connectivity index (χ0) is 11.7. The maximum atomic E-state index is 11.5. The van der Waals surface area contributed by atoms with Crippen LogP contribution in [-0.2, 0) is 0 Å². The number of aryl methyl sites for hydroxylation is 1. The SMILES string of the molecule is Cc1c[nH]c(=O)n1-c1ccccc1[N+](=O)[O-]. The molecule has 6 nitrogen and oxygen atoms in total. The topological polar surface area (TPSA) is 80.9 Å². The average Bonchev–Trinajstić information content (AvgIpc) is 2.58. The molecule has 0 aliphatic heterocycles. The molecule has 1 heterocycles. The molecule has 6 heteroatoms. The van der Waals surface area contributed by atoms with E-state index in [1.54, 1.807) is 25.1 Å². The lowest BCUT2D eigenvalue weighted by molar-refractivity contribution is -0.384. The number of H-pyrrole nitrogens is 1. The second-order valence-corrected chi connectivity index (χ2v) is 3.32. The minimum absolute atomic E-state index is 0.0905. The van der Waals surface area contributed by atoms with Crippen LogP contribution < -0.4 is 5.69 Å². The predicted molar refractivity (Wildman–Crippen MR) is 57.8 cm³/mol. The molecule has 0 radical (unpaired) electrons. The van der Waals surface area contributed by atoms with E-state index < -0.39 is 4.92 Å². The van der Waals surface area contributed by atoms with Crippen molar-refractivity contribution in [1.82, 2.24) is 9.55 Å². The van der Waals surface area contributed by atoms with Crippen molar-refractivity contribution in [2.45, 2.75) is 6.92 Å². The van der Waals surface area contributed by atoms with Gasteiger partial charge in [-0.25, -0.2) is 4.79 Å². The highest BCUT2D eigenvalue weighted by atomic mass is 16.6. The lowest BCUT2D eigenvalue weighted by atomic mass is 10.2. The molecular weight excluding hydrogens is 210 g/mol. The lowest BCUT2D eigenvalue weighted by Gasteiger charge is -2.04. The summed E-state index contributed by atoms with van der Waals surface area (Å²) in [5.41, 5.74) is 0.426. The first kappa shape index (κ1) is 10.2. The molecule has 2 rings (SSSR count). The van der Waals surface area contributed by atoms with Gasteiger partial charge in [-0.3, -0.25) is 14.7 Å². The van der Waals surface area contributed by atoms with Crippen LogP contribution in [0.4, 0.5) is 5.69 Å². The van der Waals surface area contributed by atoms with E-state index in [0.29, 0.717) is 5.69 Å². The van der Waals surface area contributed by atoms with E-state index in [1.165, 1.54) is 16.8 Å². The molecule has 0 spiro atoms. The van der Waals surface area contributed by atoms with E-state index >= 15 is 0 Å². The summed E-state index contributed by atoms with van der Waals surface area (Å²) in [7, 11) is 0. The molecule has 2 aromatic rings. The van der Waals surface area contributed by atoms with Crippen molar-refractivity contribution >= 4 is 5.69 Å². The fourth-order valence-corrected chi connectivity index (χ4v) is 1.56. The molecule has 0 saturated carbocycles. The monoisotopic (exact) mass is 219 g/mol. The Hall–Kier alpha value is -2.37. The molecular formula is C10H9N3O3. The first-order valence-electron chi connectivity index (χ1n) is 4.62. The van der Waals surface area contributed by atoms with Gasteiger partial charge in [0.05, 0.1) is 4.92 Å². The molecule has 0 atom stereocenters. The number of imidazole rings is 1. The summed E-state index contributed by atoms with van der Waals surface area (Å²) < 4.78 is 1.28. The van der Waals surface area contributed by atoms with E-state index in [0.717, 1.165) is 0 Å². The maximum absolute atomic E-state index is 11.5. The van der Waals surface area contributed by atoms with Gasteiger partial charge in [0.25, 0.3) is 5.69 Å². The zero-order valence-electron chi connectivity index (χ0n) is 8.51. The second kappa shape index (κ2) is 3.65. The highest BCUT2D eigenvalue weighted by Crippen LogP contribution is 2.21. The second-order valence-electron chi connectivity index (χ2n) is 3.32. The number of nitro benzene ring substituents is 1. The van der Waals surface area contributed by atoms with E-state index in [4.69, 9.17) is 0 Å². The number of benzene rings is 1. The summed E-state index contributed by atoms with van der Waals surface area (Å²) in [4.78, 5) is 24.3. The Morgan fingerprint density at radius 2 is 2.06 bits per heavy atom. The van der Waals surface area contributed by atoms with Crippen molar-refractivity contribution in [3.05, 3.63) is 56.8 Å². The Morgan fingerprint density at radius 1 is 1.38 bits per heavy atom. The van der Waals surface area contributed by atoms with Gasteiger partial charge in [0.15, 0.2) is 0 Å². The average molecular weight is 219 g/mol. The van der Waals surface area contributed by atoms with E-state index in [1.807, 2.05) is 0 Å². The van der Waals surface area contributed by atoms with Gasteiger partial charge in [-0.2, -0.15) is 0 Å². The summed E-state index contributed by atoms with van der Waals surface area (Å²) in [5, 5.41) is 10.8. The summed E-state index contributed by atoms with van der Waals surface area (Å²) in [6.07, 6.45) is 1.51. The van der Waals surface area contributed by atoms with Gasteiger partial charge in [-0.15, -0.1) is 0 Å². The molecule has 16 heavy (non-hydrogen) atoms. The number of para-hydroxylation sites is 2.